The van der Waals surface area contributed by atoms with Gasteiger partial charge in [0.25, 0.3) is 17.7 Å². The van der Waals surface area contributed by atoms with Crippen LogP contribution in [0.4, 0.5) is 16.2 Å². The van der Waals surface area contributed by atoms with Crippen molar-refractivity contribution in [2.24, 2.45) is 0 Å². The lowest BCUT2D eigenvalue weighted by Gasteiger charge is -2.26. The molecule has 4 rings (SSSR count). The number of hydrogen-bond donors (Lipinski definition) is 2. The number of benzene rings is 3. The summed E-state index contributed by atoms with van der Waals surface area (Å²) >= 11 is 6.83. The van der Waals surface area contributed by atoms with Crippen LogP contribution in [0.5, 0.6) is 11.5 Å². The molecular weight excluding hydrogens is 646 g/mol. The third-order valence-corrected chi connectivity index (χ3v) is 7.12. The summed E-state index contributed by atoms with van der Waals surface area (Å²) in [6.07, 6.45) is 1.32. The average Bonchev–Trinajstić information content (AvgIpc) is 2.89. The number of nitrogens with one attached hydrogen (secondary N) is 2. The number of halogens is 2. The number of carbonyl (C=O) groups excluding carboxylic acids is 4. The van der Waals surface area contributed by atoms with E-state index in [1.54, 1.807) is 42.5 Å². The zero-order valence-corrected chi connectivity index (χ0v) is 25.0. The largest absolute Gasteiger partial charge is 0.494 e. The van der Waals surface area contributed by atoms with Gasteiger partial charge < -0.3 is 14.8 Å². The molecule has 0 unspecified atom stereocenters. The van der Waals surface area contributed by atoms with E-state index in [1.807, 2.05) is 32.9 Å². The Morgan fingerprint density at radius 1 is 1.02 bits per heavy atom. The molecule has 0 saturated carbocycles. The molecular formula is C29H25Br2N3O6. The van der Waals surface area contributed by atoms with Crippen LogP contribution in [-0.2, 0) is 14.4 Å². The molecule has 11 heteroatoms. The van der Waals surface area contributed by atoms with E-state index >= 15 is 0 Å². The molecule has 5 amide bonds. The minimum atomic E-state index is -0.869. The van der Waals surface area contributed by atoms with Crippen molar-refractivity contribution in [1.82, 2.24) is 5.32 Å². The summed E-state index contributed by atoms with van der Waals surface area (Å²) in [5.74, 6) is -1.25. The van der Waals surface area contributed by atoms with E-state index in [0.717, 1.165) is 16.0 Å². The highest BCUT2D eigenvalue weighted by molar-refractivity contribution is 9.11. The molecule has 3 aromatic rings. The smallest absolute Gasteiger partial charge is 0.335 e. The summed E-state index contributed by atoms with van der Waals surface area (Å²) < 4.78 is 12.4. The number of anilines is 2. The van der Waals surface area contributed by atoms with E-state index in [0.29, 0.717) is 32.6 Å². The molecule has 0 bridgehead atoms. The first-order valence-corrected chi connectivity index (χ1v) is 13.8. The van der Waals surface area contributed by atoms with E-state index in [4.69, 9.17) is 9.47 Å². The quantitative estimate of drug-likeness (QED) is 0.228. The predicted octanol–water partition coefficient (Wildman–Crippen LogP) is 5.91. The summed E-state index contributed by atoms with van der Waals surface area (Å²) in [4.78, 5) is 52.3. The van der Waals surface area contributed by atoms with Crippen molar-refractivity contribution in [2.45, 2.75) is 20.8 Å². The molecule has 2 N–H and O–H groups in total. The fourth-order valence-electron chi connectivity index (χ4n) is 3.96. The Morgan fingerprint density at radius 2 is 1.75 bits per heavy atom. The number of carbonyl (C=O) groups is 4. The number of amides is 5. The molecule has 206 valence electrons. The fourth-order valence-corrected chi connectivity index (χ4v) is 5.33. The molecule has 0 aliphatic carbocycles. The van der Waals surface area contributed by atoms with Gasteiger partial charge in [0.1, 0.15) is 17.1 Å². The van der Waals surface area contributed by atoms with Crippen LogP contribution in [0.1, 0.15) is 23.6 Å². The molecule has 1 heterocycles. The minimum Gasteiger partial charge on any atom is -0.494 e. The zero-order valence-electron chi connectivity index (χ0n) is 21.8. The molecule has 1 aliphatic heterocycles. The third-order valence-electron chi connectivity index (χ3n) is 6.07. The highest BCUT2D eigenvalue weighted by Crippen LogP contribution is 2.35. The van der Waals surface area contributed by atoms with Gasteiger partial charge in [-0.05, 0) is 96.4 Å². The van der Waals surface area contributed by atoms with E-state index < -0.39 is 17.8 Å². The first-order valence-electron chi connectivity index (χ1n) is 12.2. The van der Waals surface area contributed by atoms with Crippen molar-refractivity contribution in [3.8, 4) is 11.5 Å². The van der Waals surface area contributed by atoms with Gasteiger partial charge in [-0.1, -0.05) is 28.1 Å². The first-order chi connectivity index (χ1) is 19.1. The fraction of sp³-hybridized carbons (Fsp3) is 0.172. The van der Waals surface area contributed by atoms with Crippen molar-refractivity contribution >= 4 is 73.1 Å². The van der Waals surface area contributed by atoms with Crippen molar-refractivity contribution in [3.05, 3.63) is 85.8 Å². The topological polar surface area (TPSA) is 114 Å². The molecule has 0 atom stereocenters. The van der Waals surface area contributed by atoms with Crippen LogP contribution in [-0.4, -0.2) is 37.0 Å². The summed E-state index contributed by atoms with van der Waals surface area (Å²) in [6.45, 7) is 5.83. The standard InChI is InChI=1S/C29H25Br2N3O6/c1-4-39-21-10-8-20(9-11-21)34-28(37)22(27(36)33-29(34)38)13-18-12-19(30)14-23(31)26(18)40-15-25(35)32-24-7-5-6-16(2)17(24)3/h5-14H,4,15H2,1-3H3,(H,32,35)(H,33,36,38)/b22-13+. The highest BCUT2D eigenvalue weighted by Gasteiger charge is 2.37. The van der Waals surface area contributed by atoms with Crippen LogP contribution in [0.25, 0.3) is 6.08 Å². The van der Waals surface area contributed by atoms with Crippen LogP contribution in [0.15, 0.2) is 69.1 Å². The molecule has 1 saturated heterocycles. The monoisotopic (exact) mass is 669 g/mol. The lowest BCUT2D eigenvalue weighted by Crippen LogP contribution is -2.54. The molecule has 3 aromatic carbocycles. The zero-order chi connectivity index (χ0) is 29.0. The van der Waals surface area contributed by atoms with Gasteiger partial charge >= 0.3 is 6.03 Å². The summed E-state index contributed by atoms with van der Waals surface area (Å²) in [5, 5.41) is 5.04. The number of rotatable bonds is 8. The number of aryl methyl sites for hydroxylation is 1. The second-order valence-corrected chi connectivity index (χ2v) is 10.5. The summed E-state index contributed by atoms with van der Waals surface area (Å²) in [5.41, 5.74) is 2.97. The van der Waals surface area contributed by atoms with Gasteiger partial charge in [-0.2, -0.15) is 0 Å². The number of urea groups is 1. The van der Waals surface area contributed by atoms with E-state index in [-0.39, 0.29) is 29.5 Å². The highest BCUT2D eigenvalue weighted by atomic mass is 79.9. The van der Waals surface area contributed by atoms with E-state index in [9.17, 15) is 19.2 Å². The Bertz CT molecular complexity index is 1540. The first kappa shape index (κ1) is 29.0. The van der Waals surface area contributed by atoms with Crippen LogP contribution >= 0.6 is 31.9 Å². The SMILES string of the molecule is CCOc1ccc(N2C(=O)NC(=O)/C(=C\c3cc(Br)cc(Br)c3OCC(=O)Nc3cccc(C)c3C)C2=O)cc1. The van der Waals surface area contributed by atoms with Crippen molar-refractivity contribution in [3.63, 3.8) is 0 Å². The normalized spacial score (nSPS) is 14.3. The molecule has 1 aliphatic rings. The molecule has 0 aromatic heterocycles. The van der Waals surface area contributed by atoms with Gasteiger partial charge in [0.2, 0.25) is 0 Å². The Kier molecular flexibility index (Phi) is 9.06. The molecule has 1 fully saturated rings. The van der Waals surface area contributed by atoms with E-state index in [1.165, 1.54) is 6.08 Å². The Morgan fingerprint density at radius 3 is 2.45 bits per heavy atom. The van der Waals surface area contributed by atoms with Gasteiger partial charge in [-0.15, -0.1) is 0 Å². The van der Waals surface area contributed by atoms with Crippen LogP contribution in [0, 0.1) is 13.8 Å². The van der Waals surface area contributed by atoms with Gasteiger partial charge in [0, 0.05) is 15.7 Å². The van der Waals surface area contributed by atoms with Gasteiger partial charge in [-0.25, -0.2) is 9.69 Å². The molecule has 40 heavy (non-hydrogen) atoms. The van der Waals surface area contributed by atoms with Crippen molar-refractivity contribution in [1.29, 1.82) is 0 Å². The van der Waals surface area contributed by atoms with Gasteiger partial charge in [0.05, 0.1) is 16.8 Å². The minimum absolute atomic E-state index is 0.233. The van der Waals surface area contributed by atoms with Crippen molar-refractivity contribution in [2.75, 3.05) is 23.4 Å². The van der Waals surface area contributed by atoms with Crippen LogP contribution in [0.3, 0.4) is 0 Å². The number of imide groups is 2. The van der Waals surface area contributed by atoms with Gasteiger partial charge in [0.15, 0.2) is 6.61 Å². The number of hydrogen-bond acceptors (Lipinski definition) is 6. The van der Waals surface area contributed by atoms with Crippen LogP contribution in [0.2, 0.25) is 0 Å². The maximum Gasteiger partial charge on any atom is 0.335 e. The maximum absolute atomic E-state index is 13.4. The Labute approximate surface area is 247 Å². The maximum atomic E-state index is 13.4. The second-order valence-electron chi connectivity index (χ2n) is 8.78. The van der Waals surface area contributed by atoms with Crippen molar-refractivity contribution < 1.29 is 28.7 Å². The molecule has 0 radical (unpaired) electrons. The summed E-state index contributed by atoms with van der Waals surface area (Å²) in [7, 11) is 0. The predicted molar refractivity (Wildman–Crippen MR) is 158 cm³/mol. The summed E-state index contributed by atoms with van der Waals surface area (Å²) in [6, 6.07) is 14.4. The molecule has 9 nitrogen and oxygen atoms in total. The third kappa shape index (κ3) is 6.43. The van der Waals surface area contributed by atoms with E-state index in [2.05, 4.69) is 42.5 Å². The Balaban J connectivity index is 1.61. The number of nitrogens with zero attached hydrogens (tertiary/aromatic N) is 1. The number of ether oxygens (including phenoxy) is 2. The second kappa shape index (κ2) is 12.5. The van der Waals surface area contributed by atoms with Gasteiger partial charge in [-0.3, -0.25) is 19.7 Å². The number of barbiturate groups is 1. The average molecular weight is 671 g/mol. The lowest BCUT2D eigenvalue weighted by molar-refractivity contribution is -0.122. The Hall–Kier alpha value is -3.96. The molecule has 0 spiro atoms. The van der Waals surface area contributed by atoms with Crippen LogP contribution < -0.4 is 25.0 Å². The lowest BCUT2D eigenvalue weighted by atomic mass is 10.1.